The lowest BCUT2D eigenvalue weighted by Crippen LogP contribution is -2.54. The summed E-state index contributed by atoms with van der Waals surface area (Å²) in [4.78, 5) is 12.5. The predicted molar refractivity (Wildman–Crippen MR) is 92.8 cm³/mol. The second-order valence-electron chi connectivity index (χ2n) is 7.99. The molecule has 7 heteroatoms. The standard InChI is InChI=1S/C13H31NO3Si3/c1-12(16-19(5,6)7)11-13(15)14(18(2,3)4)17-20(8,9)10/h1,11H2,2-10H3. The molecule has 4 nitrogen and oxygen atoms in total. The summed E-state index contributed by atoms with van der Waals surface area (Å²) < 4.78 is 13.4. The van der Waals surface area contributed by atoms with Gasteiger partial charge in [0.25, 0.3) is 0 Å². The molecule has 0 spiro atoms. The molecule has 0 aliphatic rings. The zero-order chi connectivity index (χ0) is 16.4. The highest BCUT2D eigenvalue weighted by atomic mass is 28.4. The maximum absolute atomic E-state index is 12.5. The van der Waals surface area contributed by atoms with Gasteiger partial charge in [-0.3, -0.25) is 9.52 Å². The quantitative estimate of drug-likeness (QED) is 0.399. The molecule has 0 saturated carbocycles. The number of nitrogens with zero attached hydrogens (tertiary/aromatic N) is 1. The fraction of sp³-hybridized carbons (Fsp3) is 0.769. The minimum absolute atomic E-state index is 0.0326. The number of rotatable bonds is 7. The van der Waals surface area contributed by atoms with Crippen LogP contribution in [0.2, 0.25) is 58.9 Å². The zero-order valence-electron chi connectivity index (χ0n) is 14.6. The number of amides is 1. The zero-order valence-corrected chi connectivity index (χ0v) is 17.6. The second-order valence-corrected chi connectivity index (χ2v) is 21.6. The van der Waals surface area contributed by atoms with E-state index in [1.54, 1.807) is 4.73 Å². The average Bonchev–Trinajstić information content (AvgIpc) is 2.06. The second kappa shape index (κ2) is 6.59. The van der Waals surface area contributed by atoms with E-state index in [9.17, 15) is 4.79 Å². The predicted octanol–water partition coefficient (Wildman–Crippen LogP) is 4.17. The molecule has 0 saturated heterocycles. The normalized spacial score (nSPS) is 13.1. The van der Waals surface area contributed by atoms with Crippen molar-refractivity contribution in [1.29, 1.82) is 0 Å². The maximum atomic E-state index is 12.5. The lowest BCUT2D eigenvalue weighted by atomic mass is 10.4. The molecule has 0 aromatic heterocycles. The van der Waals surface area contributed by atoms with Gasteiger partial charge in [0, 0.05) is 0 Å². The van der Waals surface area contributed by atoms with Crippen LogP contribution in [0.5, 0.6) is 0 Å². The highest BCUT2D eigenvalue weighted by molar-refractivity contribution is 6.77. The van der Waals surface area contributed by atoms with Crippen LogP contribution < -0.4 is 0 Å². The first-order chi connectivity index (χ1) is 8.62. The van der Waals surface area contributed by atoms with E-state index >= 15 is 0 Å². The maximum Gasteiger partial charge on any atom is 0.244 e. The first-order valence-corrected chi connectivity index (χ1v) is 17.3. The summed E-state index contributed by atoms with van der Waals surface area (Å²) in [6.45, 7) is 22.7. The smallest absolute Gasteiger partial charge is 0.244 e. The van der Waals surface area contributed by atoms with Gasteiger partial charge in [-0.15, -0.1) is 0 Å². The van der Waals surface area contributed by atoms with E-state index in [2.05, 4.69) is 65.5 Å². The van der Waals surface area contributed by atoms with Crippen molar-refractivity contribution in [2.24, 2.45) is 0 Å². The van der Waals surface area contributed by atoms with Crippen LogP contribution in [0.3, 0.4) is 0 Å². The van der Waals surface area contributed by atoms with E-state index in [1.165, 1.54) is 0 Å². The Kier molecular flexibility index (Phi) is 6.46. The third kappa shape index (κ3) is 8.72. The lowest BCUT2D eigenvalue weighted by Gasteiger charge is -2.38. The van der Waals surface area contributed by atoms with Crippen LogP contribution in [-0.4, -0.2) is 35.5 Å². The van der Waals surface area contributed by atoms with Crippen LogP contribution in [0.4, 0.5) is 0 Å². The Morgan fingerprint density at radius 1 is 0.950 bits per heavy atom. The van der Waals surface area contributed by atoms with Crippen molar-refractivity contribution in [3.8, 4) is 0 Å². The van der Waals surface area contributed by atoms with Crippen molar-refractivity contribution in [2.45, 2.75) is 65.3 Å². The third-order valence-corrected chi connectivity index (χ3v) is 5.37. The van der Waals surface area contributed by atoms with E-state index in [0.29, 0.717) is 5.76 Å². The van der Waals surface area contributed by atoms with Gasteiger partial charge in [-0.05, 0) is 58.9 Å². The molecular weight excluding hydrogens is 302 g/mol. The minimum Gasteiger partial charge on any atom is -0.547 e. The average molecular weight is 334 g/mol. The molecule has 0 rings (SSSR count). The third-order valence-electron chi connectivity index (χ3n) is 2.00. The molecule has 1 amide bonds. The molecule has 0 aliphatic carbocycles. The lowest BCUT2D eigenvalue weighted by molar-refractivity contribution is -0.144. The molecule has 0 heterocycles. The van der Waals surface area contributed by atoms with E-state index in [0.717, 1.165) is 0 Å². The number of hydrogen-bond donors (Lipinski definition) is 0. The van der Waals surface area contributed by atoms with Gasteiger partial charge in [-0.1, -0.05) is 6.58 Å². The molecule has 0 radical (unpaired) electrons. The summed E-state index contributed by atoms with van der Waals surface area (Å²) in [6, 6.07) is 0. The van der Waals surface area contributed by atoms with Crippen molar-refractivity contribution >= 4 is 30.8 Å². The summed E-state index contributed by atoms with van der Waals surface area (Å²) >= 11 is 0. The minimum atomic E-state index is -1.87. The largest absolute Gasteiger partial charge is 0.547 e. The van der Waals surface area contributed by atoms with Gasteiger partial charge < -0.3 is 8.95 Å². The molecule has 0 N–H and O–H groups in total. The first kappa shape index (κ1) is 19.6. The van der Waals surface area contributed by atoms with Crippen LogP contribution in [0.15, 0.2) is 12.3 Å². The Hall–Kier alpha value is -0.379. The molecule has 0 fully saturated rings. The van der Waals surface area contributed by atoms with E-state index in [4.69, 9.17) is 8.95 Å². The molecule has 0 unspecified atom stereocenters. The van der Waals surface area contributed by atoms with Crippen LogP contribution in [0, 0.1) is 0 Å². The summed E-state index contributed by atoms with van der Waals surface area (Å²) in [6.07, 6.45) is 0.207. The number of carbonyl (C=O) groups is 1. The van der Waals surface area contributed by atoms with Gasteiger partial charge in [-0.2, -0.15) is 0 Å². The number of hydrogen-bond acceptors (Lipinski definition) is 3. The van der Waals surface area contributed by atoms with E-state index in [1.807, 2.05) is 0 Å². The number of hydroxylamine groups is 1. The Balaban J connectivity index is 4.87. The number of carbonyl (C=O) groups excluding carboxylic acids is 1. The highest BCUT2D eigenvalue weighted by Gasteiger charge is 2.34. The van der Waals surface area contributed by atoms with Gasteiger partial charge in [0.15, 0.2) is 8.24 Å². The van der Waals surface area contributed by atoms with Crippen LogP contribution >= 0.6 is 0 Å². The van der Waals surface area contributed by atoms with Crippen molar-refractivity contribution in [3.05, 3.63) is 12.3 Å². The summed E-state index contributed by atoms with van der Waals surface area (Å²) in [5.41, 5.74) is 0. The Labute approximate surface area is 127 Å². The van der Waals surface area contributed by atoms with Gasteiger partial charge in [-0.25, -0.2) is 0 Å². The molecule has 0 aromatic rings. The molecule has 20 heavy (non-hydrogen) atoms. The van der Waals surface area contributed by atoms with Gasteiger partial charge in [0.05, 0.1) is 12.2 Å². The summed E-state index contributed by atoms with van der Waals surface area (Å²) in [7, 11) is -5.39. The Morgan fingerprint density at radius 2 is 1.40 bits per heavy atom. The Bertz CT molecular complexity index is 365. The van der Waals surface area contributed by atoms with Crippen LogP contribution in [-0.2, 0) is 13.7 Å². The summed E-state index contributed by atoms with van der Waals surface area (Å²) in [5, 5.41) is 0. The molecule has 118 valence electrons. The van der Waals surface area contributed by atoms with Gasteiger partial charge >= 0.3 is 0 Å². The highest BCUT2D eigenvalue weighted by Crippen LogP contribution is 2.20. The molecular formula is C13H31NO3Si3. The van der Waals surface area contributed by atoms with Crippen molar-refractivity contribution in [3.63, 3.8) is 0 Å². The summed E-state index contributed by atoms with van der Waals surface area (Å²) in [5.74, 6) is 0.520. The monoisotopic (exact) mass is 333 g/mol. The van der Waals surface area contributed by atoms with Gasteiger partial charge in [0.2, 0.25) is 22.5 Å². The van der Waals surface area contributed by atoms with E-state index in [-0.39, 0.29) is 12.3 Å². The topological polar surface area (TPSA) is 38.8 Å². The van der Waals surface area contributed by atoms with Crippen molar-refractivity contribution in [2.75, 3.05) is 0 Å². The fourth-order valence-corrected chi connectivity index (χ4v) is 5.88. The van der Waals surface area contributed by atoms with Crippen molar-refractivity contribution < 1.29 is 13.7 Å². The van der Waals surface area contributed by atoms with Gasteiger partial charge in [0.1, 0.15) is 0 Å². The van der Waals surface area contributed by atoms with Crippen LogP contribution in [0.25, 0.3) is 0 Å². The molecule has 0 bridgehead atoms. The SMILES string of the molecule is C=C(CC(=O)N(O[Si](C)(C)C)[Si](C)(C)C)O[Si](C)(C)C. The Morgan fingerprint density at radius 3 is 1.70 bits per heavy atom. The molecule has 0 atom stereocenters. The van der Waals surface area contributed by atoms with Crippen LogP contribution in [0.1, 0.15) is 6.42 Å². The first-order valence-electron chi connectivity index (χ1n) is 7.01. The van der Waals surface area contributed by atoms with Crippen molar-refractivity contribution in [1.82, 2.24) is 4.73 Å². The fourth-order valence-electron chi connectivity index (χ4n) is 1.55. The van der Waals surface area contributed by atoms with E-state index < -0.39 is 24.9 Å². The molecule has 0 aliphatic heterocycles. The molecule has 0 aromatic carbocycles.